The standard InChI is InChI=1S/C19H22N2O7S2/c1-4-12(2)20-29(23,24)14-5-7-15(8-6-14)30(25,26)21-17-10-19-18(27-11-28-19)9-16(17)13(3)22/h5-10,12,20-21H,4,11H2,1-3H3/t12-/m0/s1. The first-order valence-corrected chi connectivity index (χ1v) is 12.1. The van der Waals surface area contributed by atoms with Crippen LogP contribution in [0.2, 0.25) is 0 Å². The molecule has 2 aromatic rings. The van der Waals surface area contributed by atoms with Gasteiger partial charge >= 0.3 is 0 Å². The zero-order chi connectivity index (χ0) is 22.1. The Morgan fingerprint density at radius 2 is 1.53 bits per heavy atom. The maximum atomic E-state index is 12.8. The Labute approximate surface area is 175 Å². The largest absolute Gasteiger partial charge is 0.454 e. The van der Waals surface area contributed by atoms with Gasteiger partial charge < -0.3 is 9.47 Å². The zero-order valence-electron chi connectivity index (χ0n) is 16.6. The van der Waals surface area contributed by atoms with Crippen molar-refractivity contribution in [3.8, 4) is 11.5 Å². The van der Waals surface area contributed by atoms with Gasteiger partial charge in [-0.2, -0.15) is 0 Å². The summed E-state index contributed by atoms with van der Waals surface area (Å²) in [4.78, 5) is 11.7. The molecule has 2 N–H and O–H groups in total. The molecule has 9 nitrogen and oxygen atoms in total. The minimum absolute atomic E-state index is 0.0243. The van der Waals surface area contributed by atoms with E-state index in [-0.39, 0.29) is 39.7 Å². The number of sulfonamides is 2. The number of ether oxygens (including phenoxy) is 2. The van der Waals surface area contributed by atoms with Gasteiger partial charge in [0.1, 0.15) is 0 Å². The molecule has 0 fully saturated rings. The van der Waals surface area contributed by atoms with Crippen molar-refractivity contribution in [1.29, 1.82) is 0 Å². The number of carbonyl (C=O) groups excluding carboxylic acids is 1. The highest BCUT2D eigenvalue weighted by atomic mass is 32.2. The third-order valence-electron chi connectivity index (χ3n) is 4.55. The van der Waals surface area contributed by atoms with Crippen LogP contribution < -0.4 is 18.9 Å². The van der Waals surface area contributed by atoms with Gasteiger partial charge in [-0.05, 0) is 50.6 Å². The van der Waals surface area contributed by atoms with Crippen LogP contribution in [0.3, 0.4) is 0 Å². The van der Waals surface area contributed by atoms with Gasteiger partial charge in [-0.1, -0.05) is 6.92 Å². The molecule has 11 heteroatoms. The number of benzene rings is 2. The topological polar surface area (TPSA) is 128 Å². The summed E-state index contributed by atoms with van der Waals surface area (Å²) in [6.07, 6.45) is 0.615. The van der Waals surface area contributed by atoms with Gasteiger partial charge in [-0.15, -0.1) is 0 Å². The molecule has 2 aromatic carbocycles. The molecule has 0 bridgehead atoms. The number of anilines is 1. The summed E-state index contributed by atoms with van der Waals surface area (Å²) in [5.41, 5.74) is 0.168. The molecule has 3 rings (SSSR count). The quantitative estimate of drug-likeness (QED) is 0.587. The van der Waals surface area contributed by atoms with E-state index in [1.807, 2.05) is 6.92 Å². The molecule has 30 heavy (non-hydrogen) atoms. The van der Waals surface area contributed by atoms with Crippen molar-refractivity contribution in [2.75, 3.05) is 11.5 Å². The number of ketones is 1. The summed E-state index contributed by atoms with van der Waals surface area (Å²) in [5.74, 6) is 0.310. The lowest BCUT2D eigenvalue weighted by Crippen LogP contribution is -2.32. The van der Waals surface area contributed by atoms with E-state index >= 15 is 0 Å². The third kappa shape index (κ3) is 4.58. The molecule has 0 spiro atoms. The Morgan fingerprint density at radius 1 is 1.00 bits per heavy atom. The number of hydrogen-bond acceptors (Lipinski definition) is 7. The highest BCUT2D eigenvalue weighted by Gasteiger charge is 2.24. The minimum atomic E-state index is -4.09. The number of hydrogen-bond donors (Lipinski definition) is 2. The predicted molar refractivity (Wildman–Crippen MR) is 110 cm³/mol. The number of fused-ring (bicyclic) bond motifs is 1. The van der Waals surface area contributed by atoms with Gasteiger partial charge in [0.25, 0.3) is 10.0 Å². The lowest BCUT2D eigenvalue weighted by molar-refractivity contribution is 0.101. The first-order valence-electron chi connectivity index (χ1n) is 9.13. The van der Waals surface area contributed by atoms with Gasteiger partial charge in [0, 0.05) is 17.7 Å². The second-order valence-electron chi connectivity index (χ2n) is 6.81. The van der Waals surface area contributed by atoms with Crippen molar-refractivity contribution in [3.05, 3.63) is 42.0 Å². The van der Waals surface area contributed by atoms with Gasteiger partial charge in [-0.3, -0.25) is 9.52 Å². The first-order chi connectivity index (χ1) is 14.0. The SMILES string of the molecule is CC[C@H](C)NS(=O)(=O)c1ccc(S(=O)(=O)Nc2cc3c(cc2C(C)=O)OCO3)cc1. The number of nitrogens with one attached hydrogen (secondary N) is 2. The molecule has 0 aromatic heterocycles. The van der Waals surface area contributed by atoms with E-state index in [1.165, 1.54) is 43.3 Å². The van der Waals surface area contributed by atoms with Crippen molar-refractivity contribution < 1.29 is 31.1 Å². The predicted octanol–water partition coefficient (Wildman–Crippen LogP) is 2.50. The average molecular weight is 455 g/mol. The number of rotatable bonds is 8. The molecule has 0 radical (unpaired) electrons. The summed E-state index contributed by atoms with van der Waals surface area (Å²) in [6, 6.07) is 7.35. The Bertz CT molecular complexity index is 1170. The van der Waals surface area contributed by atoms with Crippen LogP contribution in [-0.4, -0.2) is 35.5 Å². The van der Waals surface area contributed by atoms with Crippen molar-refractivity contribution in [1.82, 2.24) is 4.72 Å². The molecule has 1 aliphatic heterocycles. The van der Waals surface area contributed by atoms with E-state index in [4.69, 9.17) is 9.47 Å². The van der Waals surface area contributed by atoms with Gasteiger partial charge in [0.15, 0.2) is 17.3 Å². The van der Waals surface area contributed by atoms with Crippen LogP contribution in [0.1, 0.15) is 37.6 Å². The van der Waals surface area contributed by atoms with Crippen LogP contribution in [-0.2, 0) is 20.0 Å². The zero-order valence-corrected chi connectivity index (χ0v) is 18.3. The third-order valence-corrected chi connectivity index (χ3v) is 7.54. The Hall–Kier alpha value is -2.63. The average Bonchev–Trinajstić information content (AvgIpc) is 3.14. The highest BCUT2D eigenvalue weighted by molar-refractivity contribution is 7.92. The number of carbonyl (C=O) groups is 1. The first kappa shape index (κ1) is 22.1. The maximum Gasteiger partial charge on any atom is 0.261 e. The maximum absolute atomic E-state index is 12.8. The van der Waals surface area contributed by atoms with Crippen LogP contribution in [0.15, 0.2) is 46.2 Å². The van der Waals surface area contributed by atoms with E-state index < -0.39 is 20.0 Å². The van der Waals surface area contributed by atoms with Crippen molar-refractivity contribution in [2.45, 2.75) is 43.0 Å². The molecule has 0 saturated heterocycles. The summed E-state index contributed by atoms with van der Waals surface area (Å²) in [7, 11) is -7.85. The second-order valence-corrected chi connectivity index (χ2v) is 10.2. The fraction of sp³-hybridized carbons (Fsp3) is 0.316. The van der Waals surface area contributed by atoms with E-state index in [0.717, 1.165) is 0 Å². The molecule has 1 heterocycles. The number of Topliss-reactive ketones (excluding diaryl/α,β-unsaturated/α-hetero) is 1. The van der Waals surface area contributed by atoms with Gasteiger partial charge in [-0.25, -0.2) is 21.6 Å². The van der Waals surface area contributed by atoms with Gasteiger partial charge in [0.05, 0.1) is 15.5 Å². The Balaban J connectivity index is 1.89. The minimum Gasteiger partial charge on any atom is -0.454 e. The highest BCUT2D eigenvalue weighted by Crippen LogP contribution is 2.38. The van der Waals surface area contributed by atoms with E-state index in [1.54, 1.807) is 6.92 Å². The second kappa shape index (κ2) is 8.25. The molecular formula is C19H22N2O7S2. The summed E-state index contributed by atoms with van der Waals surface area (Å²) in [5, 5.41) is 0. The fourth-order valence-corrected chi connectivity index (χ4v) is 5.13. The molecule has 0 unspecified atom stereocenters. The van der Waals surface area contributed by atoms with Crippen LogP contribution in [0.5, 0.6) is 11.5 Å². The van der Waals surface area contributed by atoms with Crippen LogP contribution in [0.4, 0.5) is 5.69 Å². The van der Waals surface area contributed by atoms with Crippen LogP contribution in [0.25, 0.3) is 0 Å². The van der Waals surface area contributed by atoms with Crippen molar-refractivity contribution in [3.63, 3.8) is 0 Å². The monoisotopic (exact) mass is 454 g/mol. The normalized spacial score (nSPS) is 14.4. The Morgan fingerprint density at radius 3 is 2.07 bits per heavy atom. The fourth-order valence-electron chi connectivity index (χ4n) is 2.74. The molecule has 1 atom stereocenters. The molecule has 0 saturated carbocycles. The molecule has 0 amide bonds. The van der Waals surface area contributed by atoms with E-state index in [2.05, 4.69) is 9.44 Å². The Kier molecular flexibility index (Phi) is 6.06. The van der Waals surface area contributed by atoms with E-state index in [9.17, 15) is 21.6 Å². The molecule has 162 valence electrons. The molecule has 1 aliphatic rings. The molecule has 0 aliphatic carbocycles. The van der Waals surface area contributed by atoms with Crippen molar-refractivity contribution >= 4 is 31.5 Å². The summed E-state index contributed by atoms with van der Waals surface area (Å²) < 4.78 is 65.6. The van der Waals surface area contributed by atoms with E-state index in [0.29, 0.717) is 17.9 Å². The van der Waals surface area contributed by atoms with Crippen LogP contribution >= 0.6 is 0 Å². The molecular weight excluding hydrogens is 432 g/mol. The van der Waals surface area contributed by atoms with Crippen LogP contribution in [0, 0.1) is 0 Å². The summed E-state index contributed by atoms with van der Waals surface area (Å²) in [6.45, 7) is 4.86. The smallest absolute Gasteiger partial charge is 0.261 e. The lowest BCUT2D eigenvalue weighted by Gasteiger charge is -2.14. The van der Waals surface area contributed by atoms with Gasteiger partial charge in [0.2, 0.25) is 16.8 Å². The van der Waals surface area contributed by atoms with Crippen molar-refractivity contribution in [2.24, 2.45) is 0 Å². The summed E-state index contributed by atoms with van der Waals surface area (Å²) >= 11 is 0. The lowest BCUT2D eigenvalue weighted by atomic mass is 10.1.